The molecule has 4 nitrogen and oxygen atoms in total. The van der Waals surface area contributed by atoms with Gasteiger partial charge in [0, 0.05) is 17.7 Å². The van der Waals surface area contributed by atoms with Gasteiger partial charge < -0.3 is 10.6 Å². The fourth-order valence-corrected chi connectivity index (χ4v) is 3.61. The molecular formula is C25H30N2O2. The zero-order valence-electron chi connectivity index (χ0n) is 16.9. The van der Waals surface area contributed by atoms with Gasteiger partial charge in [-0.15, -0.1) is 0 Å². The first-order valence-electron chi connectivity index (χ1n) is 10.6. The summed E-state index contributed by atoms with van der Waals surface area (Å²) in [5, 5.41) is 6.49. The molecule has 4 heteroatoms. The minimum atomic E-state index is -0.385. The Kier molecular flexibility index (Phi) is 8.20. The molecule has 0 saturated heterocycles. The normalized spacial score (nSPS) is 14.7. The molecule has 3 rings (SSSR count). The van der Waals surface area contributed by atoms with Crippen LogP contribution in [0, 0.1) is 0 Å². The van der Waals surface area contributed by atoms with Gasteiger partial charge in [-0.3, -0.25) is 9.59 Å². The highest BCUT2D eigenvalue weighted by Crippen LogP contribution is 2.18. The highest BCUT2D eigenvalue weighted by atomic mass is 16.2. The lowest BCUT2D eigenvalue weighted by Gasteiger charge is -2.21. The molecule has 2 aromatic rings. The van der Waals surface area contributed by atoms with E-state index in [9.17, 15) is 9.59 Å². The Labute approximate surface area is 173 Å². The Bertz CT molecular complexity index is 815. The van der Waals surface area contributed by atoms with Crippen molar-refractivity contribution < 1.29 is 9.59 Å². The number of benzene rings is 2. The van der Waals surface area contributed by atoms with E-state index in [2.05, 4.69) is 16.7 Å². The quantitative estimate of drug-likeness (QED) is 0.446. The average molecular weight is 391 g/mol. The SMILES string of the molecule is O=C(CCCCNC(C(=O)NC1=CCCCC1)c1ccccc1)c1ccccc1. The molecule has 0 aromatic heterocycles. The molecular weight excluding hydrogens is 360 g/mol. The van der Waals surface area contributed by atoms with Gasteiger partial charge in [0.15, 0.2) is 5.78 Å². The van der Waals surface area contributed by atoms with Crippen molar-refractivity contribution in [3.8, 4) is 0 Å². The highest BCUT2D eigenvalue weighted by Gasteiger charge is 2.21. The summed E-state index contributed by atoms with van der Waals surface area (Å²) in [6.45, 7) is 0.689. The maximum Gasteiger partial charge on any atom is 0.245 e. The zero-order chi connectivity index (χ0) is 20.3. The van der Waals surface area contributed by atoms with Crippen molar-refractivity contribution in [2.75, 3.05) is 6.54 Å². The maximum atomic E-state index is 12.9. The van der Waals surface area contributed by atoms with Crippen LogP contribution in [-0.2, 0) is 4.79 Å². The van der Waals surface area contributed by atoms with E-state index in [4.69, 9.17) is 0 Å². The molecule has 2 aromatic carbocycles. The summed E-state index contributed by atoms with van der Waals surface area (Å²) >= 11 is 0. The van der Waals surface area contributed by atoms with Gasteiger partial charge in [-0.05, 0) is 50.6 Å². The second kappa shape index (κ2) is 11.3. The number of hydrogen-bond donors (Lipinski definition) is 2. The Morgan fingerprint density at radius 2 is 1.62 bits per heavy atom. The smallest absolute Gasteiger partial charge is 0.245 e. The Morgan fingerprint density at radius 3 is 2.31 bits per heavy atom. The van der Waals surface area contributed by atoms with Crippen molar-refractivity contribution in [1.82, 2.24) is 10.6 Å². The van der Waals surface area contributed by atoms with E-state index in [1.165, 1.54) is 6.42 Å². The van der Waals surface area contributed by atoms with Crippen molar-refractivity contribution in [2.24, 2.45) is 0 Å². The van der Waals surface area contributed by atoms with E-state index in [0.29, 0.717) is 13.0 Å². The van der Waals surface area contributed by atoms with Crippen molar-refractivity contribution in [2.45, 2.75) is 51.0 Å². The number of carbonyl (C=O) groups is 2. The molecule has 29 heavy (non-hydrogen) atoms. The number of unbranched alkanes of at least 4 members (excludes halogenated alkanes) is 1. The van der Waals surface area contributed by atoms with Gasteiger partial charge in [0.1, 0.15) is 6.04 Å². The van der Waals surface area contributed by atoms with Crippen molar-refractivity contribution in [3.63, 3.8) is 0 Å². The topological polar surface area (TPSA) is 58.2 Å². The van der Waals surface area contributed by atoms with Crippen LogP contribution in [0.5, 0.6) is 0 Å². The standard InChI is InChI=1S/C25H30N2O2/c28-23(20-12-4-1-5-13-20)18-10-11-19-26-24(21-14-6-2-7-15-21)25(29)27-22-16-8-3-9-17-22/h1-2,4-7,12-16,24,26H,3,8-11,17-19H2,(H,27,29). The third-order valence-corrected chi connectivity index (χ3v) is 5.24. The van der Waals surface area contributed by atoms with Crippen molar-refractivity contribution >= 4 is 11.7 Å². The molecule has 0 aliphatic heterocycles. The second-order valence-corrected chi connectivity index (χ2v) is 7.51. The van der Waals surface area contributed by atoms with Crippen LogP contribution in [0.25, 0.3) is 0 Å². The van der Waals surface area contributed by atoms with Crippen LogP contribution in [0.4, 0.5) is 0 Å². The van der Waals surface area contributed by atoms with Crippen LogP contribution < -0.4 is 10.6 Å². The fourth-order valence-electron chi connectivity index (χ4n) is 3.61. The third-order valence-electron chi connectivity index (χ3n) is 5.24. The van der Waals surface area contributed by atoms with Gasteiger partial charge in [0.05, 0.1) is 0 Å². The summed E-state index contributed by atoms with van der Waals surface area (Å²) < 4.78 is 0. The van der Waals surface area contributed by atoms with E-state index in [-0.39, 0.29) is 17.7 Å². The Balaban J connectivity index is 1.50. The summed E-state index contributed by atoms with van der Waals surface area (Å²) in [6.07, 6.45) is 8.61. The van der Waals surface area contributed by atoms with Crippen molar-refractivity contribution in [1.29, 1.82) is 0 Å². The summed E-state index contributed by atoms with van der Waals surface area (Å²) in [5.74, 6) is 0.164. The van der Waals surface area contributed by atoms with Gasteiger partial charge in [-0.25, -0.2) is 0 Å². The van der Waals surface area contributed by atoms with Gasteiger partial charge in [0.25, 0.3) is 0 Å². The van der Waals surface area contributed by atoms with Crippen LogP contribution in [0.2, 0.25) is 0 Å². The molecule has 2 N–H and O–H groups in total. The van der Waals surface area contributed by atoms with E-state index in [1.807, 2.05) is 60.7 Å². The molecule has 0 heterocycles. The molecule has 0 saturated carbocycles. The number of allylic oxidation sites excluding steroid dienone is 2. The molecule has 1 atom stereocenters. The molecule has 1 unspecified atom stereocenters. The van der Waals surface area contributed by atoms with E-state index in [0.717, 1.165) is 48.9 Å². The van der Waals surface area contributed by atoms with E-state index in [1.54, 1.807) is 0 Å². The third kappa shape index (κ3) is 6.68. The van der Waals surface area contributed by atoms with Crippen molar-refractivity contribution in [3.05, 3.63) is 83.6 Å². The number of rotatable bonds is 10. The fraction of sp³-hybridized carbons (Fsp3) is 0.360. The van der Waals surface area contributed by atoms with Gasteiger partial charge in [-0.2, -0.15) is 0 Å². The highest BCUT2D eigenvalue weighted by molar-refractivity contribution is 5.95. The molecule has 152 valence electrons. The summed E-state index contributed by atoms with van der Waals surface area (Å²) in [7, 11) is 0. The second-order valence-electron chi connectivity index (χ2n) is 7.51. The number of amides is 1. The van der Waals surface area contributed by atoms with E-state index >= 15 is 0 Å². The molecule has 1 aliphatic rings. The molecule has 0 fully saturated rings. The van der Waals surface area contributed by atoms with Crippen LogP contribution in [0.15, 0.2) is 72.4 Å². The minimum Gasteiger partial charge on any atom is -0.328 e. The Morgan fingerprint density at radius 1 is 0.897 bits per heavy atom. The Hall–Kier alpha value is -2.72. The van der Waals surface area contributed by atoms with Gasteiger partial charge >= 0.3 is 0 Å². The number of ketones is 1. The number of Topliss-reactive ketones (excluding diaryl/α,β-unsaturated/α-hetero) is 1. The molecule has 1 amide bonds. The number of hydrogen-bond acceptors (Lipinski definition) is 3. The lowest BCUT2D eigenvalue weighted by molar-refractivity contribution is -0.122. The maximum absolute atomic E-state index is 12.9. The molecule has 0 bridgehead atoms. The first-order valence-corrected chi connectivity index (χ1v) is 10.6. The largest absolute Gasteiger partial charge is 0.328 e. The predicted molar refractivity (Wildman–Crippen MR) is 117 cm³/mol. The van der Waals surface area contributed by atoms with Crippen LogP contribution in [0.1, 0.15) is 66.9 Å². The van der Waals surface area contributed by atoms with Gasteiger partial charge in [-0.1, -0.05) is 66.7 Å². The van der Waals surface area contributed by atoms with Crippen LogP contribution in [0.3, 0.4) is 0 Å². The first kappa shape index (κ1) is 21.0. The monoisotopic (exact) mass is 390 g/mol. The van der Waals surface area contributed by atoms with E-state index < -0.39 is 0 Å². The lowest BCUT2D eigenvalue weighted by Crippen LogP contribution is -2.38. The van der Waals surface area contributed by atoms with Crippen LogP contribution in [-0.4, -0.2) is 18.2 Å². The van der Waals surface area contributed by atoms with Gasteiger partial charge in [0.2, 0.25) is 5.91 Å². The zero-order valence-corrected chi connectivity index (χ0v) is 16.9. The summed E-state index contributed by atoms with van der Waals surface area (Å²) in [4.78, 5) is 25.1. The lowest BCUT2D eigenvalue weighted by atomic mass is 10.0. The number of nitrogens with one attached hydrogen (secondary N) is 2. The predicted octanol–water partition coefficient (Wildman–Crippen LogP) is 4.94. The summed E-state index contributed by atoms with van der Waals surface area (Å²) in [5.41, 5.74) is 2.77. The average Bonchev–Trinajstić information content (AvgIpc) is 2.78. The van der Waals surface area contributed by atoms with Crippen LogP contribution >= 0.6 is 0 Å². The molecule has 0 spiro atoms. The molecule has 1 aliphatic carbocycles. The molecule has 0 radical (unpaired) electrons. The first-order chi connectivity index (χ1) is 14.2. The number of carbonyl (C=O) groups excluding carboxylic acids is 2. The summed E-state index contributed by atoms with van der Waals surface area (Å²) in [6, 6.07) is 18.8. The minimum absolute atomic E-state index is 0.00953.